The summed E-state index contributed by atoms with van der Waals surface area (Å²) in [7, 11) is 1.83. The molecule has 0 aliphatic carbocycles. The Bertz CT molecular complexity index is 846. The zero-order chi connectivity index (χ0) is 24.4. The highest BCUT2D eigenvalue weighted by molar-refractivity contribution is 6.00. The molecule has 2 heterocycles. The fourth-order valence-electron chi connectivity index (χ4n) is 4.69. The van der Waals surface area contributed by atoms with Crippen molar-refractivity contribution in [2.45, 2.75) is 58.9 Å². The number of allylic oxidation sites excluding steroid dienone is 3. The third kappa shape index (κ3) is 7.52. The average Bonchev–Trinajstić information content (AvgIpc) is 2.82. The Hall–Kier alpha value is -2.49. The summed E-state index contributed by atoms with van der Waals surface area (Å²) in [5, 5.41) is 5.83. The second-order valence-electron chi connectivity index (χ2n) is 9.27. The minimum atomic E-state index is -0.424. The van der Waals surface area contributed by atoms with Crippen molar-refractivity contribution in [2.24, 2.45) is 17.8 Å². The molecule has 2 N–H and O–H groups in total. The van der Waals surface area contributed by atoms with Gasteiger partial charge >= 0.3 is 0 Å². The van der Waals surface area contributed by atoms with E-state index >= 15 is 0 Å². The highest BCUT2D eigenvalue weighted by Gasteiger charge is 2.30. The number of imide groups is 1. The Morgan fingerprint density at radius 3 is 2.52 bits per heavy atom. The van der Waals surface area contributed by atoms with E-state index in [0.717, 1.165) is 42.9 Å². The zero-order valence-corrected chi connectivity index (χ0v) is 20.6. The van der Waals surface area contributed by atoms with E-state index in [0.29, 0.717) is 36.8 Å². The van der Waals surface area contributed by atoms with Crippen molar-refractivity contribution in [3.05, 3.63) is 35.5 Å². The fourth-order valence-corrected chi connectivity index (χ4v) is 4.69. The van der Waals surface area contributed by atoms with Gasteiger partial charge in [0.15, 0.2) is 0 Å². The highest BCUT2D eigenvalue weighted by Crippen LogP contribution is 2.29. The largest absolute Gasteiger partial charge is 0.317 e. The summed E-state index contributed by atoms with van der Waals surface area (Å²) in [5.74, 6) is 7.93. The van der Waals surface area contributed by atoms with Crippen molar-refractivity contribution in [3.63, 3.8) is 0 Å². The van der Waals surface area contributed by atoms with Crippen LogP contribution in [-0.2, 0) is 14.4 Å². The van der Waals surface area contributed by atoms with Crippen LogP contribution in [0.3, 0.4) is 0 Å². The third-order valence-corrected chi connectivity index (χ3v) is 7.13. The summed E-state index contributed by atoms with van der Waals surface area (Å²) < 4.78 is 0. The van der Waals surface area contributed by atoms with Gasteiger partial charge in [0, 0.05) is 30.5 Å². The average molecular weight is 454 g/mol. The maximum Gasteiger partial charge on any atom is 0.243 e. The first-order valence-electron chi connectivity index (χ1n) is 12.0. The van der Waals surface area contributed by atoms with Gasteiger partial charge in [0.1, 0.15) is 6.29 Å². The van der Waals surface area contributed by atoms with E-state index < -0.39 is 6.04 Å². The number of likely N-dealkylation sites (N-methyl/N-ethyl adjacent to an activating group) is 1. The van der Waals surface area contributed by atoms with Crippen LogP contribution >= 0.6 is 0 Å². The topological polar surface area (TPSA) is 78.5 Å². The van der Waals surface area contributed by atoms with Gasteiger partial charge in [0.2, 0.25) is 11.8 Å². The highest BCUT2D eigenvalue weighted by atomic mass is 16.2. The van der Waals surface area contributed by atoms with Crippen molar-refractivity contribution in [1.29, 1.82) is 0 Å². The maximum atomic E-state index is 12.3. The molecule has 180 valence electrons. The molecule has 2 rings (SSSR count). The molecular weight excluding hydrogens is 414 g/mol. The molecule has 3 unspecified atom stereocenters. The molecular formula is C27H39N3O3. The number of amides is 2. The lowest BCUT2D eigenvalue weighted by molar-refractivity contribution is -0.137. The summed E-state index contributed by atoms with van der Waals surface area (Å²) in [6.45, 7) is 12.9. The number of carbonyl (C=O) groups excluding carboxylic acids is 3. The number of piperidine rings is 2. The number of nitrogens with one attached hydrogen (secondary N) is 2. The van der Waals surface area contributed by atoms with Crippen molar-refractivity contribution >= 4 is 18.1 Å². The van der Waals surface area contributed by atoms with Gasteiger partial charge in [-0.3, -0.25) is 24.6 Å². The molecule has 2 aliphatic rings. The van der Waals surface area contributed by atoms with Crippen LogP contribution < -0.4 is 10.6 Å². The van der Waals surface area contributed by atoms with Crippen molar-refractivity contribution in [2.75, 3.05) is 26.7 Å². The van der Waals surface area contributed by atoms with E-state index in [9.17, 15) is 14.4 Å². The minimum Gasteiger partial charge on any atom is -0.317 e. The summed E-state index contributed by atoms with van der Waals surface area (Å²) in [6, 6.07) is -0.424. The molecule has 0 bridgehead atoms. The van der Waals surface area contributed by atoms with Gasteiger partial charge in [-0.15, -0.1) is 0 Å². The van der Waals surface area contributed by atoms with Crippen molar-refractivity contribution in [3.8, 4) is 11.8 Å². The van der Waals surface area contributed by atoms with Crippen LogP contribution in [0.25, 0.3) is 0 Å². The predicted octanol–water partition coefficient (Wildman–Crippen LogP) is 3.02. The number of carbonyl (C=O) groups is 3. The molecule has 2 amide bonds. The van der Waals surface area contributed by atoms with Crippen molar-refractivity contribution in [1.82, 2.24) is 15.5 Å². The smallest absolute Gasteiger partial charge is 0.243 e. The quantitative estimate of drug-likeness (QED) is 0.184. The second kappa shape index (κ2) is 13.3. The Balaban J connectivity index is 2.14. The van der Waals surface area contributed by atoms with Gasteiger partial charge < -0.3 is 5.32 Å². The first-order chi connectivity index (χ1) is 15.8. The molecule has 0 aromatic heterocycles. The number of nitrogens with zero attached hydrogens (tertiary/aromatic N) is 1. The first-order valence-corrected chi connectivity index (χ1v) is 12.0. The number of hydrogen-bond acceptors (Lipinski definition) is 5. The van der Waals surface area contributed by atoms with Crippen LogP contribution in [0.4, 0.5) is 0 Å². The van der Waals surface area contributed by atoms with Crippen LogP contribution in [0.2, 0.25) is 0 Å². The first kappa shape index (κ1) is 26.8. The SMILES string of the molecule is C=C/C(C=O)=C(CN(C)C1CCC(=O)NC1=O)\C(C#CCC(C)C(C)C1CCNCC1)=C/C. The van der Waals surface area contributed by atoms with E-state index in [1.807, 2.05) is 24.9 Å². The van der Waals surface area contributed by atoms with Crippen LogP contribution in [0.1, 0.15) is 52.9 Å². The Morgan fingerprint density at radius 1 is 1.24 bits per heavy atom. The van der Waals surface area contributed by atoms with Crippen LogP contribution in [-0.4, -0.2) is 55.7 Å². The summed E-state index contributed by atoms with van der Waals surface area (Å²) in [5.41, 5.74) is 1.99. The summed E-state index contributed by atoms with van der Waals surface area (Å²) in [4.78, 5) is 37.4. The molecule has 6 heteroatoms. The molecule has 0 radical (unpaired) electrons. The van der Waals surface area contributed by atoms with Gasteiger partial charge in [-0.2, -0.15) is 0 Å². The molecule has 0 saturated carbocycles. The standard InChI is InChI=1S/C27H39N3O3/c1-6-21(10-8-9-19(3)20(4)23-13-15-28-16-14-23)24(22(7-2)18-31)17-30(5)25-11-12-26(32)29-27(25)33/h6-7,18-20,23,25,28H,2,9,11-17H2,1,3-5H3,(H,29,32,33)/b21-6-,24-22+. The number of aldehydes is 1. The Labute approximate surface area is 198 Å². The lowest BCUT2D eigenvalue weighted by atomic mass is 9.78. The van der Waals surface area contributed by atoms with E-state index in [4.69, 9.17) is 0 Å². The lowest BCUT2D eigenvalue weighted by Crippen LogP contribution is -2.51. The Morgan fingerprint density at radius 2 is 1.94 bits per heavy atom. The van der Waals surface area contributed by atoms with E-state index in [-0.39, 0.29) is 11.8 Å². The zero-order valence-electron chi connectivity index (χ0n) is 20.6. The fraction of sp³-hybridized carbons (Fsp3) is 0.593. The molecule has 2 aliphatic heterocycles. The monoisotopic (exact) mass is 453 g/mol. The third-order valence-electron chi connectivity index (χ3n) is 7.13. The van der Waals surface area contributed by atoms with Gasteiger partial charge in [0.05, 0.1) is 6.04 Å². The molecule has 0 aromatic rings. The number of rotatable bonds is 9. The molecule has 0 spiro atoms. The molecule has 33 heavy (non-hydrogen) atoms. The van der Waals surface area contributed by atoms with Crippen LogP contribution in [0.5, 0.6) is 0 Å². The van der Waals surface area contributed by atoms with E-state index in [1.54, 1.807) is 0 Å². The molecule has 2 saturated heterocycles. The molecule has 6 nitrogen and oxygen atoms in total. The van der Waals surface area contributed by atoms with Gasteiger partial charge in [-0.1, -0.05) is 44.4 Å². The molecule has 3 atom stereocenters. The van der Waals surface area contributed by atoms with Gasteiger partial charge in [-0.05, 0) is 69.7 Å². The maximum absolute atomic E-state index is 12.3. The van der Waals surface area contributed by atoms with Gasteiger partial charge in [0.25, 0.3) is 0 Å². The van der Waals surface area contributed by atoms with Crippen molar-refractivity contribution < 1.29 is 14.4 Å². The van der Waals surface area contributed by atoms with E-state index in [2.05, 4.69) is 42.9 Å². The summed E-state index contributed by atoms with van der Waals surface area (Å²) >= 11 is 0. The normalized spacial score (nSPS) is 22.6. The predicted molar refractivity (Wildman–Crippen MR) is 132 cm³/mol. The minimum absolute atomic E-state index is 0.243. The number of hydrogen-bond donors (Lipinski definition) is 2. The second-order valence-corrected chi connectivity index (χ2v) is 9.27. The van der Waals surface area contributed by atoms with Crippen LogP contribution in [0, 0.1) is 29.6 Å². The van der Waals surface area contributed by atoms with Gasteiger partial charge in [-0.25, -0.2) is 0 Å². The lowest BCUT2D eigenvalue weighted by Gasteiger charge is -2.31. The van der Waals surface area contributed by atoms with E-state index in [1.165, 1.54) is 18.9 Å². The van der Waals surface area contributed by atoms with Crippen LogP contribution in [0.15, 0.2) is 35.5 Å². The Kier molecular flexibility index (Phi) is 10.8. The molecule has 2 fully saturated rings. The molecule has 0 aromatic carbocycles. The summed E-state index contributed by atoms with van der Waals surface area (Å²) in [6.07, 6.45) is 8.24.